The Morgan fingerprint density at radius 2 is 2.13 bits per heavy atom. The van der Waals surface area contributed by atoms with Crippen molar-refractivity contribution in [3.8, 4) is 0 Å². The van der Waals surface area contributed by atoms with Crippen molar-refractivity contribution in [2.24, 2.45) is 10.9 Å². The molecule has 30 heavy (non-hydrogen) atoms. The second-order valence-corrected chi connectivity index (χ2v) is 9.07. The van der Waals surface area contributed by atoms with Gasteiger partial charge in [0, 0.05) is 23.5 Å². The summed E-state index contributed by atoms with van der Waals surface area (Å²) >= 11 is 7.63. The summed E-state index contributed by atoms with van der Waals surface area (Å²) < 4.78 is 0. The predicted octanol–water partition coefficient (Wildman–Crippen LogP) is 5.35. The lowest BCUT2D eigenvalue weighted by atomic mass is 9.96. The number of nitrogens with one attached hydrogen (secondary N) is 1. The van der Waals surface area contributed by atoms with Crippen molar-refractivity contribution in [3.63, 3.8) is 0 Å². The molecule has 0 fully saturated rings. The van der Waals surface area contributed by atoms with Gasteiger partial charge < -0.3 is 5.32 Å². The maximum absolute atomic E-state index is 13.2. The van der Waals surface area contributed by atoms with Gasteiger partial charge in [0.25, 0.3) is 5.91 Å². The van der Waals surface area contributed by atoms with Gasteiger partial charge in [-0.05, 0) is 37.5 Å². The van der Waals surface area contributed by atoms with Crippen LogP contribution in [0, 0.1) is 5.92 Å². The summed E-state index contributed by atoms with van der Waals surface area (Å²) in [6.07, 6.45) is 6.13. The number of hydrogen-bond donors (Lipinski definition) is 1. The van der Waals surface area contributed by atoms with Crippen molar-refractivity contribution in [2.45, 2.75) is 51.3 Å². The number of Topliss-reactive ketones (excluding diaryl/α,β-unsaturated/α-hetero) is 1. The number of rotatable bonds is 7. The third-order valence-electron chi connectivity index (χ3n) is 5.41. The largest absolute Gasteiger partial charge is 0.352 e. The fraction of sp³-hybridized carbons (Fsp3) is 0.435. The van der Waals surface area contributed by atoms with Crippen LogP contribution in [0.5, 0.6) is 0 Å². The van der Waals surface area contributed by atoms with Crippen LogP contribution in [0.15, 0.2) is 50.3 Å². The quantitative estimate of drug-likeness (QED) is 0.453. The zero-order chi connectivity index (χ0) is 21.8. The van der Waals surface area contributed by atoms with Crippen LogP contribution in [0.25, 0.3) is 0 Å². The van der Waals surface area contributed by atoms with Gasteiger partial charge in [-0.1, -0.05) is 62.5 Å². The summed E-state index contributed by atoms with van der Waals surface area (Å²) in [7, 11) is 1.65. The summed E-state index contributed by atoms with van der Waals surface area (Å²) in [6.45, 7) is 6.72. The maximum atomic E-state index is 13.2. The first-order valence-electron chi connectivity index (χ1n) is 10.4. The van der Waals surface area contributed by atoms with E-state index in [2.05, 4.69) is 24.2 Å². The van der Waals surface area contributed by atoms with Crippen LogP contribution >= 0.6 is 23.4 Å². The van der Waals surface area contributed by atoms with Gasteiger partial charge in [-0.15, -0.1) is 0 Å². The zero-order valence-corrected chi connectivity index (χ0v) is 19.5. The normalized spacial score (nSPS) is 19.4. The third-order valence-corrected chi connectivity index (χ3v) is 6.79. The van der Waals surface area contributed by atoms with Crippen LogP contribution in [0.4, 0.5) is 5.69 Å². The smallest absolute Gasteiger partial charge is 0.258 e. The van der Waals surface area contributed by atoms with Crippen molar-refractivity contribution in [1.29, 1.82) is 0 Å². The number of unbranched alkanes of at least 4 members (excludes halogenated alkanes) is 1. The van der Waals surface area contributed by atoms with Gasteiger partial charge in [0.2, 0.25) is 5.78 Å². The number of hydrogen-bond acceptors (Lipinski definition) is 4. The minimum absolute atomic E-state index is 0.175. The van der Waals surface area contributed by atoms with Gasteiger partial charge in [-0.2, -0.15) is 0 Å². The van der Waals surface area contributed by atoms with Gasteiger partial charge in [0.1, 0.15) is 16.4 Å². The summed E-state index contributed by atoms with van der Waals surface area (Å²) in [4.78, 5) is 33.5. The number of benzene rings is 1. The van der Waals surface area contributed by atoms with Crippen LogP contribution in [0.2, 0.25) is 5.02 Å². The number of carbonyl (C=O) groups is 2. The number of thioether (sulfide) groups is 1. The lowest BCUT2D eigenvalue weighted by Gasteiger charge is -2.29. The highest BCUT2D eigenvalue weighted by molar-refractivity contribution is 8.04. The molecule has 0 spiro atoms. The first-order valence-corrected chi connectivity index (χ1v) is 11.6. The molecule has 0 aliphatic carbocycles. The molecular formula is C23H28ClN3O2S. The Morgan fingerprint density at radius 3 is 2.80 bits per heavy atom. The summed E-state index contributed by atoms with van der Waals surface area (Å²) in [5.41, 5.74) is 1.44. The van der Waals surface area contributed by atoms with Crippen molar-refractivity contribution < 1.29 is 9.59 Å². The van der Waals surface area contributed by atoms with Crippen molar-refractivity contribution in [2.75, 3.05) is 18.5 Å². The van der Waals surface area contributed by atoms with Crippen LogP contribution in [0.3, 0.4) is 0 Å². The highest BCUT2D eigenvalue weighted by atomic mass is 35.5. The minimum Gasteiger partial charge on any atom is -0.352 e. The standard InChI is InChI=1S/C23H28ClN3O2S/c1-5-7-8-14(3)11-12-26-22(29)19-20(28)16(6-2)21(25-4)27-17-13-15(24)9-10-18(17)30-23(19)27/h6,9-10,13-14H,5,7-8,11-12H2,1-4H3,(H,26,29)/b16-6-,25-21?. The molecule has 0 saturated heterocycles. The minimum atomic E-state index is -0.330. The Kier molecular flexibility index (Phi) is 7.42. The van der Waals surface area contributed by atoms with Gasteiger partial charge in [0.15, 0.2) is 0 Å². The van der Waals surface area contributed by atoms with Crippen LogP contribution < -0.4 is 10.2 Å². The number of allylic oxidation sites excluding steroid dienone is 1. The van der Waals surface area contributed by atoms with E-state index in [1.54, 1.807) is 20.0 Å². The lowest BCUT2D eigenvalue weighted by molar-refractivity contribution is -0.121. The third kappa shape index (κ3) is 4.35. The van der Waals surface area contributed by atoms with Crippen LogP contribution in [0.1, 0.15) is 46.5 Å². The SMILES string of the molecule is C/C=C1/C(=O)C(C(=O)NCCC(C)CCCC)=C2Sc3ccc(Cl)cc3N2C1=NC. The number of halogens is 1. The maximum Gasteiger partial charge on any atom is 0.258 e. The molecule has 7 heteroatoms. The second kappa shape index (κ2) is 9.84. The number of carbonyl (C=O) groups excluding carboxylic acids is 2. The molecule has 160 valence electrons. The Hall–Kier alpha value is -2.05. The Labute approximate surface area is 187 Å². The van der Waals surface area contributed by atoms with E-state index >= 15 is 0 Å². The summed E-state index contributed by atoms with van der Waals surface area (Å²) in [6, 6.07) is 5.56. The number of amides is 1. The first kappa shape index (κ1) is 22.6. The number of fused-ring (bicyclic) bond motifs is 3. The number of nitrogens with zero attached hydrogens (tertiary/aromatic N) is 2. The molecule has 0 radical (unpaired) electrons. The van der Waals surface area contributed by atoms with Gasteiger partial charge >= 0.3 is 0 Å². The van der Waals surface area contributed by atoms with E-state index in [4.69, 9.17) is 11.6 Å². The highest BCUT2D eigenvalue weighted by Crippen LogP contribution is 2.51. The molecule has 0 aromatic heterocycles. The molecule has 1 amide bonds. The molecule has 0 bridgehead atoms. The number of aliphatic imine (C=N–C) groups is 1. The predicted molar refractivity (Wildman–Crippen MR) is 125 cm³/mol. The van der Waals surface area contributed by atoms with E-state index in [0.29, 0.717) is 33.9 Å². The fourth-order valence-electron chi connectivity index (χ4n) is 3.74. The molecule has 3 rings (SSSR count). The monoisotopic (exact) mass is 445 g/mol. The number of anilines is 1. The number of amidine groups is 1. The molecule has 1 N–H and O–H groups in total. The van der Waals surface area contributed by atoms with E-state index < -0.39 is 0 Å². The Balaban J connectivity index is 1.92. The molecule has 1 unspecified atom stereocenters. The molecule has 0 saturated carbocycles. The zero-order valence-electron chi connectivity index (χ0n) is 17.9. The van der Waals surface area contributed by atoms with Crippen molar-refractivity contribution in [3.05, 3.63) is 45.5 Å². The molecule has 2 heterocycles. The van der Waals surface area contributed by atoms with Gasteiger partial charge in [-0.25, -0.2) is 0 Å². The van der Waals surface area contributed by atoms with Crippen LogP contribution in [-0.4, -0.2) is 31.1 Å². The lowest BCUT2D eigenvalue weighted by Crippen LogP contribution is -2.42. The van der Waals surface area contributed by atoms with E-state index in [-0.39, 0.29) is 17.3 Å². The van der Waals surface area contributed by atoms with Crippen LogP contribution in [-0.2, 0) is 9.59 Å². The van der Waals surface area contributed by atoms with E-state index in [1.165, 1.54) is 24.6 Å². The Bertz CT molecular complexity index is 952. The summed E-state index contributed by atoms with van der Waals surface area (Å²) in [5.74, 6) is 0.463. The molecule has 1 aromatic rings. The Morgan fingerprint density at radius 1 is 1.37 bits per heavy atom. The van der Waals surface area contributed by atoms with E-state index in [1.807, 2.05) is 23.1 Å². The van der Waals surface area contributed by atoms with Crippen molar-refractivity contribution >= 4 is 46.6 Å². The molecule has 1 aromatic carbocycles. The topological polar surface area (TPSA) is 61.8 Å². The highest BCUT2D eigenvalue weighted by Gasteiger charge is 2.43. The molecular weight excluding hydrogens is 418 g/mol. The van der Waals surface area contributed by atoms with Gasteiger partial charge in [0.05, 0.1) is 11.3 Å². The molecule has 2 aliphatic rings. The van der Waals surface area contributed by atoms with Crippen molar-refractivity contribution in [1.82, 2.24) is 5.32 Å². The summed E-state index contributed by atoms with van der Waals surface area (Å²) in [5, 5.41) is 4.16. The van der Waals surface area contributed by atoms with E-state index in [0.717, 1.165) is 23.4 Å². The molecule has 1 atom stereocenters. The van der Waals surface area contributed by atoms with Gasteiger partial charge in [-0.3, -0.25) is 19.5 Å². The molecule has 5 nitrogen and oxygen atoms in total. The fourth-order valence-corrected chi connectivity index (χ4v) is 5.07. The average Bonchev–Trinajstić information content (AvgIpc) is 3.08. The second-order valence-electron chi connectivity index (χ2n) is 7.60. The number of ketones is 1. The van der Waals surface area contributed by atoms with E-state index in [9.17, 15) is 9.59 Å². The first-order chi connectivity index (χ1) is 14.4. The average molecular weight is 446 g/mol. The molecule has 2 aliphatic heterocycles.